The van der Waals surface area contributed by atoms with E-state index in [1.54, 1.807) is 0 Å². The smallest absolute Gasteiger partial charge is 0.337 e. The Kier molecular flexibility index (Phi) is 3.67. The Morgan fingerprint density at radius 1 is 1.16 bits per heavy atom. The summed E-state index contributed by atoms with van der Waals surface area (Å²) in [5.41, 5.74) is 2.96. The zero-order valence-electron chi connectivity index (χ0n) is 14.5. The number of benzene rings is 1. The summed E-state index contributed by atoms with van der Waals surface area (Å²) in [6, 6.07) is 8.06. The molecule has 0 radical (unpaired) electrons. The number of esters is 1. The fourth-order valence-corrected chi connectivity index (χ4v) is 3.65. The molecule has 2 unspecified atom stereocenters. The Labute approximate surface area is 146 Å². The molecule has 1 aromatic heterocycles. The van der Waals surface area contributed by atoms with Crippen LogP contribution >= 0.6 is 0 Å². The van der Waals surface area contributed by atoms with Gasteiger partial charge in [0.15, 0.2) is 5.82 Å². The van der Waals surface area contributed by atoms with Gasteiger partial charge in [0, 0.05) is 12.2 Å². The second-order valence-electron chi connectivity index (χ2n) is 6.44. The Morgan fingerprint density at radius 3 is 2.64 bits per heavy atom. The van der Waals surface area contributed by atoms with Crippen molar-refractivity contribution >= 4 is 12.0 Å². The lowest BCUT2D eigenvalue weighted by atomic mass is 10.0. The Morgan fingerprint density at radius 2 is 1.92 bits per heavy atom. The number of nitrogens with zero attached hydrogens (tertiary/aromatic N) is 4. The molecule has 1 aromatic carbocycles. The summed E-state index contributed by atoms with van der Waals surface area (Å²) in [7, 11) is 1.39. The topological polar surface area (TPSA) is 60.2 Å². The molecule has 3 heterocycles. The van der Waals surface area contributed by atoms with Gasteiger partial charge in [0.25, 0.3) is 0 Å². The average Bonchev–Trinajstić information content (AvgIpc) is 3.15. The first kappa shape index (κ1) is 15.6. The molecule has 0 amide bonds. The second-order valence-corrected chi connectivity index (χ2v) is 6.44. The van der Waals surface area contributed by atoms with Crippen LogP contribution in [0.15, 0.2) is 42.1 Å². The first-order chi connectivity index (χ1) is 12.1. The molecule has 2 atom stereocenters. The third-order valence-electron chi connectivity index (χ3n) is 4.94. The highest BCUT2D eigenvalue weighted by atomic mass is 16.5. The maximum absolute atomic E-state index is 11.6. The number of aryl methyl sites for hydroxylation is 1. The minimum absolute atomic E-state index is 0.226. The molecular weight excluding hydrogens is 316 g/mol. The monoisotopic (exact) mass is 336 g/mol. The van der Waals surface area contributed by atoms with Crippen molar-refractivity contribution in [1.82, 2.24) is 19.7 Å². The van der Waals surface area contributed by atoms with Gasteiger partial charge in [-0.1, -0.05) is 18.2 Å². The van der Waals surface area contributed by atoms with E-state index >= 15 is 0 Å². The zero-order valence-corrected chi connectivity index (χ0v) is 14.5. The molecule has 0 aliphatic carbocycles. The number of carbonyl (C=O) groups is 1. The molecule has 6 nitrogen and oxygen atoms in total. The molecule has 128 valence electrons. The quantitative estimate of drug-likeness (QED) is 0.807. The van der Waals surface area contributed by atoms with Crippen LogP contribution in [0.5, 0.6) is 0 Å². The van der Waals surface area contributed by atoms with Crippen LogP contribution in [-0.2, 0) is 11.3 Å². The highest BCUT2D eigenvalue weighted by Crippen LogP contribution is 2.37. The molecule has 0 saturated heterocycles. The van der Waals surface area contributed by atoms with Crippen LogP contribution in [-0.4, -0.2) is 38.8 Å². The van der Waals surface area contributed by atoms with Gasteiger partial charge >= 0.3 is 5.97 Å². The average molecular weight is 336 g/mol. The summed E-state index contributed by atoms with van der Waals surface area (Å²) in [6.45, 7) is 4.91. The normalized spacial score (nSPS) is 20.9. The SMILES string of the molecule is COC(=O)c1ccc(CN2C(C)=CC3C2C=Cc2nnc(C)n23)cc1. The lowest BCUT2D eigenvalue weighted by Crippen LogP contribution is -2.35. The summed E-state index contributed by atoms with van der Waals surface area (Å²) < 4.78 is 6.94. The second kappa shape index (κ2) is 5.88. The van der Waals surface area contributed by atoms with Crippen molar-refractivity contribution in [2.45, 2.75) is 32.5 Å². The number of hydrogen-bond donors (Lipinski definition) is 0. The Balaban J connectivity index is 1.57. The van der Waals surface area contributed by atoms with Gasteiger partial charge in [-0.15, -0.1) is 10.2 Å². The maximum atomic E-state index is 11.6. The number of carbonyl (C=O) groups excluding carboxylic acids is 1. The first-order valence-electron chi connectivity index (χ1n) is 8.30. The standard InChI is InChI=1S/C19H20N4O2/c1-12-10-17-16(8-9-18-21-20-13(2)23(17)18)22(12)11-14-4-6-15(7-5-14)19(24)25-3/h4-10,16-17H,11H2,1-3H3. The maximum Gasteiger partial charge on any atom is 0.337 e. The van der Waals surface area contributed by atoms with E-state index in [9.17, 15) is 4.79 Å². The third-order valence-corrected chi connectivity index (χ3v) is 4.94. The van der Waals surface area contributed by atoms with E-state index in [0.29, 0.717) is 5.56 Å². The van der Waals surface area contributed by atoms with Gasteiger partial charge in [-0.3, -0.25) is 0 Å². The van der Waals surface area contributed by atoms with Crippen LogP contribution in [0.25, 0.3) is 6.08 Å². The molecule has 6 heteroatoms. The fraction of sp³-hybridized carbons (Fsp3) is 0.316. The Hall–Kier alpha value is -2.89. The van der Waals surface area contributed by atoms with E-state index in [2.05, 4.69) is 38.7 Å². The van der Waals surface area contributed by atoms with Gasteiger partial charge in [0.2, 0.25) is 0 Å². The lowest BCUT2D eigenvalue weighted by molar-refractivity contribution is 0.0600. The highest BCUT2D eigenvalue weighted by molar-refractivity contribution is 5.89. The molecule has 2 aliphatic rings. The number of allylic oxidation sites excluding steroid dienone is 1. The van der Waals surface area contributed by atoms with Crippen LogP contribution in [0.1, 0.15) is 40.5 Å². The van der Waals surface area contributed by atoms with Crippen LogP contribution in [0.3, 0.4) is 0 Å². The van der Waals surface area contributed by atoms with E-state index in [-0.39, 0.29) is 18.1 Å². The van der Waals surface area contributed by atoms with E-state index in [0.717, 1.165) is 23.8 Å². The van der Waals surface area contributed by atoms with E-state index in [1.807, 2.05) is 37.3 Å². The summed E-state index contributed by atoms with van der Waals surface area (Å²) in [4.78, 5) is 13.9. The lowest BCUT2D eigenvalue weighted by Gasteiger charge is -2.32. The van der Waals surface area contributed by atoms with Crippen molar-refractivity contribution in [3.8, 4) is 0 Å². The van der Waals surface area contributed by atoms with Crippen LogP contribution in [0.4, 0.5) is 0 Å². The minimum Gasteiger partial charge on any atom is -0.465 e. The molecule has 0 fully saturated rings. The highest BCUT2D eigenvalue weighted by Gasteiger charge is 2.36. The summed E-state index contributed by atoms with van der Waals surface area (Å²) >= 11 is 0. The van der Waals surface area contributed by atoms with Gasteiger partial charge in [-0.25, -0.2) is 4.79 Å². The molecule has 0 spiro atoms. The van der Waals surface area contributed by atoms with Gasteiger partial charge in [0.1, 0.15) is 5.82 Å². The predicted octanol–water partition coefficient (Wildman–Crippen LogP) is 2.73. The molecule has 2 aliphatic heterocycles. The molecule has 4 rings (SSSR count). The molecule has 0 bridgehead atoms. The number of methoxy groups -OCH3 is 1. The van der Waals surface area contributed by atoms with Crippen molar-refractivity contribution in [2.75, 3.05) is 7.11 Å². The number of hydrogen-bond acceptors (Lipinski definition) is 5. The van der Waals surface area contributed by atoms with Crippen molar-refractivity contribution in [1.29, 1.82) is 0 Å². The summed E-state index contributed by atoms with van der Waals surface area (Å²) in [5.74, 6) is 1.53. The molecule has 2 aromatic rings. The molecular formula is C19H20N4O2. The van der Waals surface area contributed by atoms with E-state index in [4.69, 9.17) is 4.74 Å². The minimum atomic E-state index is -0.310. The van der Waals surface area contributed by atoms with Gasteiger partial charge in [0.05, 0.1) is 24.8 Å². The summed E-state index contributed by atoms with van der Waals surface area (Å²) in [5, 5.41) is 8.42. The number of ether oxygens (including phenoxy) is 1. The summed E-state index contributed by atoms with van der Waals surface area (Å²) in [6.07, 6.45) is 6.52. The predicted molar refractivity (Wildman–Crippen MR) is 93.7 cm³/mol. The largest absolute Gasteiger partial charge is 0.465 e. The van der Waals surface area contributed by atoms with Crippen molar-refractivity contribution in [2.24, 2.45) is 0 Å². The molecule has 25 heavy (non-hydrogen) atoms. The zero-order chi connectivity index (χ0) is 17.6. The van der Waals surface area contributed by atoms with Crippen molar-refractivity contribution < 1.29 is 9.53 Å². The first-order valence-corrected chi connectivity index (χ1v) is 8.30. The third kappa shape index (κ3) is 2.54. The number of rotatable bonds is 3. The van der Waals surface area contributed by atoms with E-state index in [1.165, 1.54) is 12.8 Å². The van der Waals surface area contributed by atoms with Gasteiger partial charge < -0.3 is 14.2 Å². The van der Waals surface area contributed by atoms with Crippen LogP contribution in [0, 0.1) is 6.92 Å². The molecule has 0 saturated carbocycles. The van der Waals surface area contributed by atoms with Crippen LogP contribution < -0.4 is 0 Å². The van der Waals surface area contributed by atoms with E-state index < -0.39 is 0 Å². The number of aromatic nitrogens is 3. The van der Waals surface area contributed by atoms with Crippen molar-refractivity contribution in [3.63, 3.8) is 0 Å². The van der Waals surface area contributed by atoms with Crippen LogP contribution in [0.2, 0.25) is 0 Å². The molecule has 0 N–H and O–H groups in total. The number of fused-ring (bicyclic) bond motifs is 3. The Bertz CT molecular complexity index is 879. The van der Waals surface area contributed by atoms with Gasteiger partial charge in [-0.2, -0.15) is 0 Å². The van der Waals surface area contributed by atoms with Crippen molar-refractivity contribution in [3.05, 3.63) is 64.9 Å². The van der Waals surface area contributed by atoms with Gasteiger partial charge in [-0.05, 0) is 43.7 Å². The fourth-order valence-electron chi connectivity index (χ4n) is 3.65.